The molecule has 0 aromatic heterocycles. The van der Waals surface area contributed by atoms with E-state index in [0.29, 0.717) is 5.92 Å². The molecule has 0 spiro atoms. The van der Waals surface area contributed by atoms with Crippen LogP contribution in [0.5, 0.6) is 0 Å². The molecule has 0 aromatic carbocycles. The standard InChI is InChI=1S/C18H32O/c1-15-5-4-8-17(13-15)7-3-2-6-16-9-11-18(14-19)12-10-16/h14-18H,2-13H2,1H3. The highest BCUT2D eigenvalue weighted by Gasteiger charge is 2.21. The fraction of sp³-hybridized carbons (Fsp3) is 0.944. The Kier molecular flexibility index (Phi) is 6.40. The molecule has 0 N–H and O–H groups in total. The Morgan fingerprint density at radius 1 is 0.895 bits per heavy atom. The number of aldehydes is 1. The lowest BCUT2D eigenvalue weighted by Crippen LogP contribution is -2.15. The second-order valence-electron chi connectivity index (χ2n) is 7.34. The topological polar surface area (TPSA) is 17.1 Å². The summed E-state index contributed by atoms with van der Waals surface area (Å²) in [5, 5.41) is 0. The van der Waals surface area contributed by atoms with Gasteiger partial charge < -0.3 is 4.79 Å². The van der Waals surface area contributed by atoms with Crippen molar-refractivity contribution in [3.8, 4) is 0 Å². The van der Waals surface area contributed by atoms with Gasteiger partial charge in [-0.25, -0.2) is 0 Å². The number of hydrogen-bond acceptors (Lipinski definition) is 1. The van der Waals surface area contributed by atoms with Crippen molar-refractivity contribution in [3.63, 3.8) is 0 Å². The monoisotopic (exact) mass is 264 g/mol. The van der Waals surface area contributed by atoms with Crippen LogP contribution in [0.15, 0.2) is 0 Å². The molecule has 2 aliphatic rings. The summed E-state index contributed by atoms with van der Waals surface area (Å²) in [6.45, 7) is 2.43. The number of rotatable bonds is 6. The van der Waals surface area contributed by atoms with E-state index in [1.165, 1.54) is 70.5 Å². The Balaban J connectivity index is 1.51. The van der Waals surface area contributed by atoms with E-state index in [4.69, 9.17) is 0 Å². The van der Waals surface area contributed by atoms with E-state index < -0.39 is 0 Å². The first-order valence-corrected chi connectivity index (χ1v) is 8.73. The summed E-state index contributed by atoms with van der Waals surface area (Å²) in [5.74, 6) is 3.34. The largest absolute Gasteiger partial charge is 0.303 e. The van der Waals surface area contributed by atoms with Gasteiger partial charge in [-0.1, -0.05) is 51.9 Å². The first-order valence-electron chi connectivity index (χ1n) is 8.73. The van der Waals surface area contributed by atoms with Gasteiger partial charge >= 0.3 is 0 Å². The van der Waals surface area contributed by atoms with Crippen LogP contribution < -0.4 is 0 Å². The summed E-state index contributed by atoms with van der Waals surface area (Å²) < 4.78 is 0. The molecule has 0 saturated heterocycles. The Labute approximate surface area is 119 Å². The fourth-order valence-corrected chi connectivity index (χ4v) is 4.30. The molecule has 2 unspecified atom stereocenters. The SMILES string of the molecule is CC1CCCC(CCCCC2CCC(C=O)CC2)C1. The Bertz CT molecular complexity index is 252. The molecule has 0 radical (unpaired) electrons. The molecular weight excluding hydrogens is 232 g/mol. The normalized spacial score (nSPS) is 36.1. The maximum absolute atomic E-state index is 10.7. The first-order chi connectivity index (χ1) is 9.28. The third-order valence-electron chi connectivity index (χ3n) is 5.60. The van der Waals surface area contributed by atoms with Crippen molar-refractivity contribution < 1.29 is 4.79 Å². The summed E-state index contributed by atoms with van der Waals surface area (Å²) in [7, 11) is 0. The van der Waals surface area contributed by atoms with E-state index in [9.17, 15) is 4.79 Å². The summed E-state index contributed by atoms with van der Waals surface area (Å²) in [5.41, 5.74) is 0. The highest BCUT2D eigenvalue weighted by molar-refractivity contribution is 5.53. The van der Waals surface area contributed by atoms with Crippen molar-refractivity contribution in [2.45, 2.75) is 84.0 Å². The lowest BCUT2D eigenvalue weighted by molar-refractivity contribution is -0.112. The lowest BCUT2D eigenvalue weighted by Gasteiger charge is -2.27. The van der Waals surface area contributed by atoms with Crippen molar-refractivity contribution in [3.05, 3.63) is 0 Å². The Hall–Kier alpha value is -0.330. The Morgan fingerprint density at radius 2 is 1.58 bits per heavy atom. The molecule has 0 amide bonds. The number of carbonyl (C=O) groups is 1. The molecule has 19 heavy (non-hydrogen) atoms. The van der Waals surface area contributed by atoms with Crippen molar-refractivity contribution in [2.75, 3.05) is 0 Å². The minimum atomic E-state index is 0.389. The second-order valence-corrected chi connectivity index (χ2v) is 7.34. The van der Waals surface area contributed by atoms with Crippen LogP contribution in [-0.4, -0.2) is 6.29 Å². The first kappa shape index (κ1) is 15.1. The van der Waals surface area contributed by atoms with E-state index >= 15 is 0 Å². The van der Waals surface area contributed by atoms with Crippen LogP contribution in [0.3, 0.4) is 0 Å². The molecule has 1 nitrogen and oxygen atoms in total. The third kappa shape index (κ3) is 5.28. The average molecular weight is 264 g/mol. The lowest BCUT2D eigenvalue weighted by atomic mass is 9.78. The van der Waals surface area contributed by atoms with E-state index in [1.54, 1.807) is 0 Å². The predicted molar refractivity (Wildman–Crippen MR) is 81.1 cm³/mol. The van der Waals surface area contributed by atoms with Gasteiger partial charge in [0.2, 0.25) is 0 Å². The minimum absolute atomic E-state index is 0.389. The molecule has 2 rings (SSSR count). The molecular formula is C18H32O. The maximum Gasteiger partial charge on any atom is 0.123 e. The summed E-state index contributed by atoms with van der Waals surface area (Å²) in [4.78, 5) is 10.7. The molecule has 0 aromatic rings. The molecule has 1 heteroatoms. The minimum Gasteiger partial charge on any atom is -0.303 e. The molecule has 0 heterocycles. The van der Waals surface area contributed by atoms with Gasteiger partial charge in [-0.15, -0.1) is 0 Å². The van der Waals surface area contributed by atoms with Crippen LogP contribution in [0.4, 0.5) is 0 Å². The zero-order chi connectivity index (χ0) is 13.5. The van der Waals surface area contributed by atoms with Crippen LogP contribution in [0.2, 0.25) is 0 Å². The van der Waals surface area contributed by atoms with Crippen LogP contribution in [-0.2, 0) is 4.79 Å². The molecule has 2 aliphatic carbocycles. The molecule has 0 bridgehead atoms. The van der Waals surface area contributed by atoms with Gasteiger partial charge in [0, 0.05) is 5.92 Å². The summed E-state index contributed by atoms with van der Waals surface area (Å²) >= 11 is 0. The van der Waals surface area contributed by atoms with Crippen LogP contribution >= 0.6 is 0 Å². The quantitative estimate of drug-likeness (QED) is 0.465. The van der Waals surface area contributed by atoms with Crippen LogP contribution in [0.1, 0.15) is 84.0 Å². The van der Waals surface area contributed by atoms with Gasteiger partial charge in [-0.3, -0.25) is 0 Å². The maximum atomic E-state index is 10.7. The van der Waals surface area contributed by atoms with Crippen molar-refractivity contribution in [2.24, 2.45) is 23.7 Å². The van der Waals surface area contributed by atoms with Crippen molar-refractivity contribution in [1.82, 2.24) is 0 Å². The molecule has 0 aliphatic heterocycles. The van der Waals surface area contributed by atoms with Gasteiger partial charge in [0.05, 0.1) is 0 Å². The van der Waals surface area contributed by atoms with Gasteiger partial charge in [0.25, 0.3) is 0 Å². The van der Waals surface area contributed by atoms with Gasteiger partial charge in [-0.05, 0) is 49.9 Å². The predicted octanol–water partition coefficient (Wildman–Crippen LogP) is 5.38. The second kappa shape index (κ2) is 8.07. The number of hydrogen-bond donors (Lipinski definition) is 0. The van der Waals surface area contributed by atoms with E-state index in [2.05, 4.69) is 6.92 Å². The number of carbonyl (C=O) groups excluding carboxylic acids is 1. The van der Waals surface area contributed by atoms with Crippen molar-refractivity contribution in [1.29, 1.82) is 0 Å². The summed E-state index contributed by atoms with van der Waals surface area (Å²) in [6, 6.07) is 0. The molecule has 2 saturated carbocycles. The van der Waals surface area contributed by atoms with E-state index in [-0.39, 0.29) is 0 Å². The van der Waals surface area contributed by atoms with E-state index in [0.717, 1.165) is 30.6 Å². The average Bonchev–Trinajstić information content (AvgIpc) is 2.44. The van der Waals surface area contributed by atoms with Gasteiger partial charge in [0.15, 0.2) is 0 Å². The van der Waals surface area contributed by atoms with Crippen LogP contribution in [0, 0.1) is 23.7 Å². The number of unbranched alkanes of at least 4 members (excludes halogenated alkanes) is 1. The molecule has 110 valence electrons. The highest BCUT2D eigenvalue weighted by atomic mass is 16.1. The van der Waals surface area contributed by atoms with Crippen molar-refractivity contribution >= 4 is 6.29 Å². The zero-order valence-electron chi connectivity index (χ0n) is 12.8. The smallest absolute Gasteiger partial charge is 0.123 e. The Morgan fingerprint density at radius 3 is 2.21 bits per heavy atom. The summed E-state index contributed by atoms with van der Waals surface area (Å²) in [6.07, 6.45) is 17.8. The van der Waals surface area contributed by atoms with Gasteiger partial charge in [-0.2, -0.15) is 0 Å². The van der Waals surface area contributed by atoms with Crippen LogP contribution in [0.25, 0.3) is 0 Å². The van der Waals surface area contributed by atoms with E-state index in [1.807, 2.05) is 0 Å². The highest BCUT2D eigenvalue weighted by Crippen LogP contribution is 2.34. The fourth-order valence-electron chi connectivity index (χ4n) is 4.30. The molecule has 2 atom stereocenters. The zero-order valence-corrected chi connectivity index (χ0v) is 12.8. The third-order valence-corrected chi connectivity index (χ3v) is 5.60. The van der Waals surface area contributed by atoms with Gasteiger partial charge in [0.1, 0.15) is 6.29 Å². The molecule has 2 fully saturated rings.